The van der Waals surface area contributed by atoms with E-state index in [0.29, 0.717) is 39.2 Å². The van der Waals surface area contributed by atoms with E-state index in [1.54, 1.807) is 62.6 Å². The number of pyridine rings is 1. The molecule has 8 nitrogen and oxygen atoms in total. The first-order valence-electron chi connectivity index (χ1n) is 13.1. The van der Waals surface area contributed by atoms with Gasteiger partial charge in [-0.1, -0.05) is 6.07 Å². The Balaban J connectivity index is 1.38. The number of carbonyl (C=O) groups is 2. The lowest BCUT2D eigenvalue weighted by Crippen LogP contribution is -2.26. The Morgan fingerprint density at radius 1 is 0.905 bits per heavy atom. The summed E-state index contributed by atoms with van der Waals surface area (Å²) in [7, 11) is 1.43. The summed E-state index contributed by atoms with van der Waals surface area (Å²) in [6, 6.07) is 14.6. The third-order valence-electron chi connectivity index (χ3n) is 7.07. The number of aryl methyl sites for hydroxylation is 1. The molecular formula is C32H24F2N4O4. The number of hydrogen-bond acceptors (Lipinski definition) is 6. The molecule has 10 heteroatoms. The highest BCUT2D eigenvalue weighted by atomic mass is 19.1. The molecule has 0 saturated heterocycles. The molecule has 0 spiro atoms. The molecule has 0 bridgehead atoms. The van der Waals surface area contributed by atoms with Gasteiger partial charge in [0.25, 0.3) is 11.8 Å². The predicted molar refractivity (Wildman–Crippen MR) is 153 cm³/mol. The van der Waals surface area contributed by atoms with Crippen molar-refractivity contribution in [2.24, 2.45) is 0 Å². The van der Waals surface area contributed by atoms with Gasteiger partial charge in [0.15, 0.2) is 5.58 Å². The molecule has 0 aliphatic rings. The summed E-state index contributed by atoms with van der Waals surface area (Å²) in [6.45, 7) is 3.55. The van der Waals surface area contributed by atoms with Crippen molar-refractivity contribution in [3.63, 3.8) is 0 Å². The highest BCUT2D eigenvalue weighted by molar-refractivity contribution is 6.12. The zero-order valence-corrected chi connectivity index (χ0v) is 22.8. The van der Waals surface area contributed by atoms with Gasteiger partial charge in [0.2, 0.25) is 5.89 Å². The smallest absolute Gasteiger partial charge is 0.255 e. The molecule has 42 heavy (non-hydrogen) atoms. The van der Waals surface area contributed by atoms with E-state index in [1.807, 2.05) is 0 Å². The number of carbonyl (C=O) groups excluding carboxylic acids is 2. The van der Waals surface area contributed by atoms with Crippen LogP contribution in [-0.2, 0) is 0 Å². The minimum atomic E-state index is -0.683. The highest BCUT2D eigenvalue weighted by Gasteiger charge is 2.27. The molecule has 3 heterocycles. The molecule has 6 rings (SSSR count). The van der Waals surface area contributed by atoms with Crippen LogP contribution in [0.3, 0.4) is 0 Å². The van der Waals surface area contributed by atoms with Crippen molar-refractivity contribution in [2.75, 3.05) is 7.05 Å². The van der Waals surface area contributed by atoms with Gasteiger partial charge in [0.05, 0.1) is 17.1 Å². The summed E-state index contributed by atoms with van der Waals surface area (Å²) in [5, 5.41) is 5.39. The number of nitrogens with zero attached hydrogens (tertiary/aromatic N) is 2. The predicted octanol–water partition coefficient (Wildman–Crippen LogP) is 6.74. The molecule has 0 unspecified atom stereocenters. The van der Waals surface area contributed by atoms with Crippen molar-refractivity contribution in [1.82, 2.24) is 20.6 Å². The van der Waals surface area contributed by atoms with Crippen LogP contribution in [0, 0.1) is 18.6 Å². The maximum absolute atomic E-state index is 16.3. The first-order valence-corrected chi connectivity index (χ1v) is 13.1. The van der Waals surface area contributed by atoms with Crippen molar-refractivity contribution in [3.8, 4) is 22.5 Å². The Bertz CT molecular complexity index is 1960. The first-order chi connectivity index (χ1) is 20.2. The number of benzene rings is 3. The fraction of sp³-hybridized carbons (Fsp3) is 0.125. The number of rotatable bonds is 6. The van der Waals surface area contributed by atoms with Gasteiger partial charge in [-0.15, -0.1) is 0 Å². The first kappa shape index (κ1) is 26.8. The lowest BCUT2D eigenvalue weighted by atomic mass is 9.95. The van der Waals surface area contributed by atoms with Crippen LogP contribution in [0.4, 0.5) is 8.78 Å². The lowest BCUT2D eigenvalue weighted by molar-refractivity contribution is 0.0932. The second-order valence-electron chi connectivity index (χ2n) is 9.81. The summed E-state index contributed by atoms with van der Waals surface area (Å²) in [4.78, 5) is 34.6. The SMILES string of the molecule is CNC(=O)c1c(-c2ccc(F)cc2)oc2ccc(-c3cc(C(=O)N[C@H](C)c4nc5cnccc5o4)ccc3C)c(F)c12. The fourth-order valence-electron chi connectivity index (χ4n) is 4.88. The van der Waals surface area contributed by atoms with Crippen molar-refractivity contribution in [1.29, 1.82) is 0 Å². The summed E-state index contributed by atoms with van der Waals surface area (Å²) in [5.41, 5.74) is 3.37. The van der Waals surface area contributed by atoms with Crippen LogP contribution < -0.4 is 10.6 Å². The summed E-state index contributed by atoms with van der Waals surface area (Å²) in [6.07, 6.45) is 3.17. The van der Waals surface area contributed by atoms with E-state index in [0.717, 1.165) is 0 Å². The Hall–Kier alpha value is -5.38. The van der Waals surface area contributed by atoms with Crippen LogP contribution in [0.25, 0.3) is 44.5 Å². The van der Waals surface area contributed by atoms with Gasteiger partial charge >= 0.3 is 0 Å². The summed E-state index contributed by atoms with van der Waals surface area (Å²) < 4.78 is 41.5. The lowest BCUT2D eigenvalue weighted by Gasteiger charge is -2.13. The molecule has 0 aliphatic heterocycles. The normalized spacial score (nSPS) is 12.0. The fourth-order valence-corrected chi connectivity index (χ4v) is 4.88. The molecule has 1 atom stereocenters. The van der Waals surface area contributed by atoms with E-state index >= 15 is 4.39 Å². The number of amides is 2. The molecule has 210 valence electrons. The minimum Gasteiger partial charge on any atom is -0.455 e. The zero-order chi connectivity index (χ0) is 29.5. The third-order valence-corrected chi connectivity index (χ3v) is 7.07. The van der Waals surface area contributed by atoms with E-state index in [9.17, 15) is 14.0 Å². The molecule has 0 fully saturated rings. The van der Waals surface area contributed by atoms with Crippen molar-refractivity contribution >= 4 is 33.9 Å². The van der Waals surface area contributed by atoms with E-state index in [2.05, 4.69) is 20.6 Å². The number of oxazole rings is 1. The Morgan fingerprint density at radius 3 is 2.43 bits per heavy atom. The number of nitrogens with one attached hydrogen (secondary N) is 2. The van der Waals surface area contributed by atoms with Crippen LogP contribution in [-0.4, -0.2) is 28.8 Å². The summed E-state index contributed by atoms with van der Waals surface area (Å²) in [5.74, 6) is -1.65. The van der Waals surface area contributed by atoms with Crippen LogP contribution in [0.1, 0.15) is 45.1 Å². The van der Waals surface area contributed by atoms with Crippen molar-refractivity contribution in [2.45, 2.75) is 19.9 Å². The van der Waals surface area contributed by atoms with E-state index in [1.165, 1.54) is 31.3 Å². The largest absolute Gasteiger partial charge is 0.455 e. The van der Waals surface area contributed by atoms with Crippen molar-refractivity contribution in [3.05, 3.63) is 107 Å². The van der Waals surface area contributed by atoms with E-state index in [4.69, 9.17) is 8.83 Å². The molecule has 0 saturated carbocycles. The molecule has 0 aliphatic carbocycles. The molecule has 3 aromatic heterocycles. The number of halogens is 2. The maximum Gasteiger partial charge on any atom is 0.255 e. The van der Waals surface area contributed by atoms with Gasteiger partial charge in [0, 0.05) is 36.0 Å². The molecular weight excluding hydrogens is 542 g/mol. The standard InChI is InChI=1S/C32H24F2N4O4/c1-16-4-5-19(30(39)37-17(2)32-38-23-15-36-13-12-24(23)42-32)14-22(16)21-10-11-25-26(28(21)34)27(31(40)35-3)29(41-25)18-6-8-20(33)9-7-18/h4-15,17H,1-3H3,(H,35,40)(H,37,39)/t17-/m1/s1. The Labute approximate surface area is 238 Å². The second kappa shape index (κ2) is 10.5. The summed E-state index contributed by atoms with van der Waals surface area (Å²) >= 11 is 0. The van der Waals surface area contributed by atoms with Crippen LogP contribution in [0.5, 0.6) is 0 Å². The highest BCUT2D eigenvalue weighted by Crippen LogP contribution is 2.39. The topological polar surface area (TPSA) is 110 Å². The van der Waals surface area contributed by atoms with Gasteiger partial charge in [-0.05, 0) is 73.5 Å². The van der Waals surface area contributed by atoms with Gasteiger partial charge < -0.3 is 19.5 Å². The van der Waals surface area contributed by atoms with Gasteiger partial charge in [-0.3, -0.25) is 14.6 Å². The van der Waals surface area contributed by atoms with Crippen molar-refractivity contribution < 1.29 is 27.2 Å². The average molecular weight is 567 g/mol. The second-order valence-corrected chi connectivity index (χ2v) is 9.81. The quantitative estimate of drug-likeness (QED) is 0.231. The monoisotopic (exact) mass is 566 g/mol. The van der Waals surface area contributed by atoms with E-state index in [-0.39, 0.29) is 27.9 Å². The molecule has 2 amide bonds. The zero-order valence-electron chi connectivity index (χ0n) is 22.8. The van der Waals surface area contributed by atoms with E-state index < -0.39 is 29.5 Å². The maximum atomic E-state index is 16.3. The Morgan fingerprint density at radius 2 is 1.69 bits per heavy atom. The van der Waals surface area contributed by atoms with Gasteiger partial charge in [-0.25, -0.2) is 13.8 Å². The number of hydrogen-bond donors (Lipinski definition) is 2. The molecule has 2 N–H and O–H groups in total. The van der Waals surface area contributed by atoms with Crippen LogP contribution in [0.15, 0.2) is 81.9 Å². The average Bonchev–Trinajstić information content (AvgIpc) is 3.61. The van der Waals surface area contributed by atoms with Crippen LogP contribution >= 0.6 is 0 Å². The van der Waals surface area contributed by atoms with Gasteiger partial charge in [-0.2, -0.15) is 0 Å². The van der Waals surface area contributed by atoms with Crippen LogP contribution in [0.2, 0.25) is 0 Å². The molecule has 6 aromatic rings. The molecule has 0 radical (unpaired) electrons. The number of fused-ring (bicyclic) bond motifs is 2. The molecule has 3 aromatic carbocycles. The Kier molecular flexibility index (Phi) is 6.74. The number of furan rings is 1. The van der Waals surface area contributed by atoms with Gasteiger partial charge in [0.1, 0.15) is 34.5 Å². The number of aromatic nitrogens is 2. The minimum absolute atomic E-state index is 0.00707. The third kappa shape index (κ3) is 4.66.